The fourth-order valence-electron chi connectivity index (χ4n) is 2.53. The van der Waals surface area contributed by atoms with Gasteiger partial charge in [-0.3, -0.25) is 10.1 Å². The van der Waals surface area contributed by atoms with Gasteiger partial charge in [0.2, 0.25) is 10.0 Å². The van der Waals surface area contributed by atoms with Gasteiger partial charge in [0, 0.05) is 19.2 Å². The molecule has 0 atom stereocenters. The third-order valence-corrected chi connectivity index (χ3v) is 5.97. The number of sulfonamides is 1. The molecule has 27 heavy (non-hydrogen) atoms. The maximum absolute atomic E-state index is 12.6. The molecule has 142 valence electrons. The molecular formula is C18H19N3O5S. The molecule has 0 aliphatic carbocycles. The van der Waals surface area contributed by atoms with E-state index < -0.39 is 20.6 Å². The Morgan fingerprint density at radius 1 is 1.19 bits per heavy atom. The number of nitro benzene ring substituents is 1. The molecular weight excluding hydrogens is 370 g/mol. The molecule has 0 heterocycles. The standard InChI is InChI=1S/C18H19N3O5S/c1-3-20(4-2)27(24,25)16-8-9-18(17(11-16)21(22)23)26-13-15-7-5-6-14(10-15)12-19/h5-11H,3-4,13H2,1-2H3. The first-order valence-electron chi connectivity index (χ1n) is 8.23. The number of nitriles is 1. The molecule has 9 heteroatoms. The molecule has 0 spiro atoms. The highest BCUT2D eigenvalue weighted by Gasteiger charge is 2.26. The Bertz CT molecular complexity index is 979. The van der Waals surface area contributed by atoms with Crippen LogP contribution in [0.15, 0.2) is 47.4 Å². The lowest BCUT2D eigenvalue weighted by Gasteiger charge is -2.18. The Kier molecular flexibility index (Phi) is 6.50. The first-order chi connectivity index (χ1) is 12.8. The number of ether oxygens (including phenoxy) is 1. The zero-order valence-corrected chi connectivity index (χ0v) is 15.8. The molecule has 0 saturated carbocycles. The second-order valence-corrected chi connectivity index (χ2v) is 7.51. The lowest BCUT2D eigenvalue weighted by atomic mass is 10.1. The number of benzene rings is 2. The minimum absolute atomic E-state index is 0.0124. The van der Waals surface area contributed by atoms with Crippen molar-refractivity contribution < 1.29 is 18.1 Å². The topological polar surface area (TPSA) is 114 Å². The van der Waals surface area contributed by atoms with Crippen LogP contribution in [0, 0.1) is 21.4 Å². The monoisotopic (exact) mass is 389 g/mol. The molecule has 2 rings (SSSR count). The van der Waals surface area contributed by atoms with E-state index in [0.29, 0.717) is 11.1 Å². The van der Waals surface area contributed by atoms with Crippen molar-refractivity contribution >= 4 is 15.7 Å². The average molecular weight is 389 g/mol. The van der Waals surface area contributed by atoms with Crippen LogP contribution in [-0.4, -0.2) is 30.7 Å². The van der Waals surface area contributed by atoms with E-state index in [1.165, 1.54) is 16.4 Å². The summed E-state index contributed by atoms with van der Waals surface area (Å²) in [4.78, 5) is 10.6. The fraction of sp³-hybridized carbons (Fsp3) is 0.278. The van der Waals surface area contributed by atoms with Gasteiger partial charge in [-0.1, -0.05) is 26.0 Å². The Balaban J connectivity index is 2.33. The third-order valence-electron chi connectivity index (χ3n) is 3.92. The molecule has 0 amide bonds. The van der Waals surface area contributed by atoms with Crippen molar-refractivity contribution in [3.8, 4) is 11.8 Å². The van der Waals surface area contributed by atoms with Crippen LogP contribution in [0.4, 0.5) is 5.69 Å². The second kappa shape index (κ2) is 8.62. The van der Waals surface area contributed by atoms with Gasteiger partial charge in [-0.15, -0.1) is 0 Å². The minimum atomic E-state index is -3.81. The van der Waals surface area contributed by atoms with Gasteiger partial charge in [0.1, 0.15) is 6.61 Å². The SMILES string of the molecule is CCN(CC)S(=O)(=O)c1ccc(OCc2cccc(C#N)c2)c([N+](=O)[O-])c1. The molecule has 0 unspecified atom stereocenters. The van der Waals surface area contributed by atoms with Gasteiger partial charge < -0.3 is 4.74 Å². The minimum Gasteiger partial charge on any atom is -0.482 e. The predicted octanol–water partition coefficient (Wildman–Crippen LogP) is 3.08. The maximum Gasteiger partial charge on any atom is 0.312 e. The summed E-state index contributed by atoms with van der Waals surface area (Å²) in [6.45, 7) is 3.93. The van der Waals surface area contributed by atoms with E-state index in [1.807, 2.05) is 6.07 Å². The van der Waals surface area contributed by atoms with Gasteiger partial charge >= 0.3 is 5.69 Å². The normalized spacial score (nSPS) is 11.2. The molecule has 0 radical (unpaired) electrons. The molecule has 0 aromatic heterocycles. The van der Waals surface area contributed by atoms with Crippen LogP contribution in [0.2, 0.25) is 0 Å². The van der Waals surface area contributed by atoms with Crippen molar-refractivity contribution in [2.24, 2.45) is 0 Å². The smallest absolute Gasteiger partial charge is 0.312 e. The van der Waals surface area contributed by atoms with Gasteiger partial charge in [-0.05, 0) is 29.8 Å². The van der Waals surface area contributed by atoms with Crippen LogP contribution in [0.25, 0.3) is 0 Å². The van der Waals surface area contributed by atoms with E-state index in [4.69, 9.17) is 10.00 Å². The molecule has 2 aromatic carbocycles. The molecule has 0 saturated heterocycles. The molecule has 0 N–H and O–H groups in total. The largest absolute Gasteiger partial charge is 0.482 e. The average Bonchev–Trinajstić information content (AvgIpc) is 2.67. The van der Waals surface area contributed by atoms with Crippen LogP contribution in [0.1, 0.15) is 25.0 Å². The van der Waals surface area contributed by atoms with Crippen molar-refractivity contribution in [2.45, 2.75) is 25.3 Å². The van der Waals surface area contributed by atoms with E-state index in [1.54, 1.807) is 38.1 Å². The maximum atomic E-state index is 12.6. The van der Waals surface area contributed by atoms with Crippen LogP contribution < -0.4 is 4.74 Å². The Morgan fingerprint density at radius 3 is 2.48 bits per heavy atom. The summed E-state index contributed by atoms with van der Waals surface area (Å²) >= 11 is 0. The third kappa shape index (κ3) is 4.61. The van der Waals surface area contributed by atoms with Crippen LogP contribution >= 0.6 is 0 Å². The molecule has 0 fully saturated rings. The van der Waals surface area contributed by atoms with E-state index in [9.17, 15) is 18.5 Å². The van der Waals surface area contributed by atoms with Gasteiger partial charge in [0.15, 0.2) is 5.75 Å². The zero-order valence-electron chi connectivity index (χ0n) is 15.0. The summed E-state index contributed by atoms with van der Waals surface area (Å²) in [5.74, 6) is -0.0409. The predicted molar refractivity (Wildman–Crippen MR) is 98.7 cm³/mol. The summed E-state index contributed by atoms with van der Waals surface area (Å²) in [7, 11) is -3.81. The van der Waals surface area contributed by atoms with Gasteiger partial charge in [-0.25, -0.2) is 8.42 Å². The quantitative estimate of drug-likeness (QED) is 0.506. The fourth-order valence-corrected chi connectivity index (χ4v) is 4.01. The van der Waals surface area contributed by atoms with Crippen molar-refractivity contribution in [1.82, 2.24) is 4.31 Å². The van der Waals surface area contributed by atoms with E-state index in [0.717, 1.165) is 6.07 Å². The van der Waals surface area contributed by atoms with E-state index >= 15 is 0 Å². The first-order valence-corrected chi connectivity index (χ1v) is 9.67. The lowest BCUT2D eigenvalue weighted by molar-refractivity contribution is -0.386. The van der Waals surface area contributed by atoms with Crippen molar-refractivity contribution in [3.63, 3.8) is 0 Å². The number of hydrogen-bond acceptors (Lipinski definition) is 6. The van der Waals surface area contributed by atoms with Gasteiger partial charge in [-0.2, -0.15) is 9.57 Å². The Labute approximate surface area is 157 Å². The zero-order chi connectivity index (χ0) is 20.0. The molecule has 0 aliphatic heterocycles. The molecule has 8 nitrogen and oxygen atoms in total. The first kappa shape index (κ1) is 20.4. The summed E-state index contributed by atoms with van der Waals surface area (Å²) in [6.07, 6.45) is 0. The van der Waals surface area contributed by atoms with Crippen molar-refractivity contribution in [3.05, 3.63) is 63.7 Å². The highest BCUT2D eigenvalue weighted by Crippen LogP contribution is 2.31. The molecule has 0 aliphatic rings. The summed E-state index contributed by atoms with van der Waals surface area (Å²) in [6, 6.07) is 12.3. The highest BCUT2D eigenvalue weighted by atomic mass is 32.2. The van der Waals surface area contributed by atoms with E-state index in [-0.39, 0.29) is 30.3 Å². The Morgan fingerprint density at radius 2 is 1.89 bits per heavy atom. The van der Waals surface area contributed by atoms with E-state index in [2.05, 4.69) is 0 Å². The van der Waals surface area contributed by atoms with Crippen LogP contribution in [-0.2, 0) is 16.6 Å². The van der Waals surface area contributed by atoms with Crippen LogP contribution in [0.3, 0.4) is 0 Å². The second-order valence-electron chi connectivity index (χ2n) is 5.58. The van der Waals surface area contributed by atoms with Gasteiger partial charge in [0.05, 0.1) is 21.5 Å². The van der Waals surface area contributed by atoms with Crippen LogP contribution in [0.5, 0.6) is 5.75 Å². The molecule has 2 aromatic rings. The number of nitro groups is 1. The molecule has 0 bridgehead atoms. The summed E-state index contributed by atoms with van der Waals surface area (Å²) in [5, 5.41) is 20.3. The van der Waals surface area contributed by atoms with Gasteiger partial charge in [0.25, 0.3) is 0 Å². The number of hydrogen-bond donors (Lipinski definition) is 0. The summed E-state index contributed by atoms with van der Waals surface area (Å²) in [5.41, 5.74) is 0.689. The Hall–Kier alpha value is -2.96. The number of rotatable bonds is 8. The van der Waals surface area contributed by atoms with Crippen molar-refractivity contribution in [1.29, 1.82) is 5.26 Å². The number of nitrogens with zero attached hydrogens (tertiary/aromatic N) is 3. The highest BCUT2D eigenvalue weighted by molar-refractivity contribution is 7.89. The summed E-state index contributed by atoms with van der Waals surface area (Å²) < 4.78 is 31.9. The van der Waals surface area contributed by atoms with Crippen molar-refractivity contribution in [2.75, 3.05) is 13.1 Å². The lowest BCUT2D eigenvalue weighted by Crippen LogP contribution is -2.30.